The fourth-order valence-electron chi connectivity index (χ4n) is 2.00. The average Bonchev–Trinajstić information content (AvgIpc) is 3.04. The van der Waals surface area contributed by atoms with E-state index in [4.69, 9.17) is 23.2 Å². The van der Waals surface area contributed by atoms with Crippen molar-refractivity contribution in [3.05, 3.63) is 70.0 Å². The molecule has 3 aromatic rings. The van der Waals surface area contributed by atoms with E-state index >= 15 is 0 Å². The summed E-state index contributed by atoms with van der Waals surface area (Å²) in [6.07, 6.45) is 0. The third kappa shape index (κ3) is 4.33. The van der Waals surface area contributed by atoms with E-state index in [2.05, 4.69) is 19.4 Å². The molecule has 1 heterocycles. The number of hydrogen-bond donors (Lipinski definition) is 2. The van der Waals surface area contributed by atoms with E-state index in [1.807, 2.05) is 0 Å². The van der Waals surface area contributed by atoms with Gasteiger partial charge in [0.05, 0.1) is 11.7 Å². The van der Waals surface area contributed by atoms with Crippen LogP contribution >= 0.6 is 34.9 Å². The minimum Gasteiger partial charge on any atom is -0.320 e. The molecule has 2 aromatic carbocycles. The Balaban J connectivity index is 1.77. The lowest BCUT2D eigenvalue weighted by molar-refractivity contribution is 0.0985. The van der Waals surface area contributed by atoms with Crippen LogP contribution in [0.1, 0.15) is 21.0 Å². The van der Waals surface area contributed by atoms with E-state index in [0.29, 0.717) is 21.4 Å². The van der Waals surface area contributed by atoms with Crippen LogP contribution in [0.2, 0.25) is 10.0 Å². The smallest absolute Gasteiger partial charge is 0.277 e. The molecule has 0 fully saturated rings. The molecule has 25 heavy (non-hydrogen) atoms. The third-order valence-electron chi connectivity index (χ3n) is 3.08. The summed E-state index contributed by atoms with van der Waals surface area (Å²) in [4.78, 5) is 24.7. The van der Waals surface area contributed by atoms with Crippen molar-refractivity contribution in [1.29, 1.82) is 0 Å². The molecule has 126 valence electrons. The SMILES string of the molecule is O=C(Nc1cccc(Cl)c1)c1nsnc1C(=O)Nc1cccc(Cl)c1. The van der Waals surface area contributed by atoms with Crippen molar-refractivity contribution in [2.75, 3.05) is 10.6 Å². The number of benzene rings is 2. The van der Waals surface area contributed by atoms with Gasteiger partial charge in [-0.3, -0.25) is 9.59 Å². The third-order valence-corrected chi connectivity index (χ3v) is 4.08. The maximum absolute atomic E-state index is 12.4. The minimum absolute atomic E-state index is 0.0653. The van der Waals surface area contributed by atoms with Crippen molar-refractivity contribution < 1.29 is 9.59 Å². The van der Waals surface area contributed by atoms with Crippen LogP contribution in [-0.2, 0) is 0 Å². The molecule has 0 saturated carbocycles. The van der Waals surface area contributed by atoms with Crippen molar-refractivity contribution in [2.24, 2.45) is 0 Å². The van der Waals surface area contributed by atoms with Crippen molar-refractivity contribution >= 4 is 58.1 Å². The molecule has 0 atom stereocenters. The zero-order chi connectivity index (χ0) is 17.8. The lowest BCUT2D eigenvalue weighted by atomic mass is 10.2. The first kappa shape index (κ1) is 17.3. The lowest BCUT2D eigenvalue weighted by Gasteiger charge is -2.06. The van der Waals surface area contributed by atoms with Gasteiger partial charge < -0.3 is 10.6 Å². The van der Waals surface area contributed by atoms with E-state index in [9.17, 15) is 9.59 Å². The first-order chi connectivity index (χ1) is 12.0. The highest BCUT2D eigenvalue weighted by molar-refractivity contribution is 6.99. The molecule has 6 nitrogen and oxygen atoms in total. The second-order valence-corrected chi connectivity index (χ2v) is 6.29. The summed E-state index contributed by atoms with van der Waals surface area (Å²) in [5.41, 5.74) is 0.854. The Morgan fingerprint density at radius 2 is 1.24 bits per heavy atom. The molecule has 0 bridgehead atoms. The van der Waals surface area contributed by atoms with Crippen LogP contribution in [-0.4, -0.2) is 20.6 Å². The van der Waals surface area contributed by atoms with Gasteiger partial charge in [-0.25, -0.2) is 0 Å². The van der Waals surface area contributed by atoms with Crippen LogP contribution in [0.3, 0.4) is 0 Å². The molecular weight excluding hydrogens is 383 g/mol. The second-order valence-electron chi connectivity index (χ2n) is 4.89. The Kier molecular flexibility index (Phi) is 5.28. The van der Waals surface area contributed by atoms with Gasteiger partial charge in [-0.15, -0.1) is 0 Å². The van der Waals surface area contributed by atoms with Gasteiger partial charge in [-0.1, -0.05) is 35.3 Å². The fraction of sp³-hybridized carbons (Fsp3) is 0. The largest absolute Gasteiger partial charge is 0.320 e. The number of rotatable bonds is 4. The summed E-state index contributed by atoms with van der Waals surface area (Å²) in [5.74, 6) is -1.10. The number of nitrogens with zero attached hydrogens (tertiary/aromatic N) is 2. The molecule has 0 aliphatic carbocycles. The molecule has 0 radical (unpaired) electrons. The maximum atomic E-state index is 12.4. The van der Waals surface area contributed by atoms with Gasteiger partial charge in [0.15, 0.2) is 11.4 Å². The standard InChI is InChI=1S/C16H10Cl2N4O2S/c17-9-3-1-5-11(7-9)19-15(23)13-14(22-25-21-13)16(24)20-12-6-2-4-10(18)8-12/h1-8H,(H,19,23)(H,20,24). The number of halogens is 2. The lowest BCUT2D eigenvalue weighted by Crippen LogP contribution is -2.20. The zero-order valence-corrected chi connectivity index (χ0v) is 14.8. The molecule has 0 aliphatic rings. The molecule has 2 N–H and O–H groups in total. The van der Waals surface area contributed by atoms with Crippen molar-refractivity contribution in [3.63, 3.8) is 0 Å². The summed E-state index contributed by atoms with van der Waals surface area (Å²) in [5, 5.41) is 6.23. The monoisotopic (exact) mass is 392 g/mol. The zero-order valence-electron chi connectivity index (χ0n) is 12.5. The Labute approximate surface area is 157 Å². The summed E-state index contributed by atoms with van der Waals surface area (Å²) in [6.45, 7) is 0. The molecule has 0 aliphatic heterocycles. The molecule has 0 saturated heterocycles. The number of aromatic nitrogens is 2. The van der Waals surface area contributed by atoms with Crippen molar-refractivity contribution in [1.82, 2.24) is 8.75 Å². The van der Waals surface area contributed by atoms with Crippen LogP contribution in [0.25, 0.3) is 0 Å². The molecule has 3 rings (SSSR count). The van der Waals surface area contributed by atoms with Gasteiger partial charge in [-0.2, -0.15) is 8.75 Å². The molecular formula is C16H10Cl2N4O2S. The number of carbonyl (C=O) groups is 2. The number of amides is 2. The molecule has 0 unspecified atom stereocenters. The minimum atomic E-state index is -0.549. The Morgan fingerprint density at radius 1 is 0.800 bits per heavy atom. The van der Waals surface area contributed by atoms with Gasteiger partial charge >= 0.3 is 0 Å². The van der Waals surface area contributed by atoms with Crippen LogP contribution in [0.4, 0.5) is 11.4 Å². The predicted octanol–water partition coefficient (Wildman–Crippen LogP) is 4.35. The molecule has 2 amide bonds. The van der Waals surface area contributed by atoms with Crippen LogP contribution < -0.4 is 10.6 Å². The summed E-state index contributed by atoms with van der Waals surface area (Å²) < 4.78 is 7.83. The summed E-state index contributed by atoms with van der Waals surface area (Å²) in [7, 11) is 0. The van der Waals surface area contributed by atoms with Gasteiger partial charge in [0.2, 0.25) is 0 Å². The highest BCUT2D eigenvalue weighted by Gasteiger charge is 2.22. The van der Waals surface area contributed by atoms with Crippen LogP contribution in [0.5, 0.6) is 0 Å². The summed E-state index contributed by atoms with van der Waals surface area (Å²) in [6, 6.07) is 13.3. The van der Waals surface area contributed by atoms with Crippen LogP contribution in [0.15, 0.2) is 48.5 Å². The number of anilines is 2. The van der Waals surface area contributed by atoms with Gasteiger partial charge in [0.1, 0.15) is 0 Å². The highest BCUT2D eigenvalue weighted by atomic mass is 35.5. The average molecular weight is 393 g/mol. The second kappa shape index (κ2) is 7.60. The number of carbonyl (C=O) groups excluding carboxylic acids is 2. The number of hydrogen-bond acceptors (Lipinski definition) is 5. The quantitative estimate of drug-likeness (QED) is 0.690. The van der Waals surface area contributed by atoms with Crippen molar-refractivity contribution in [3.8, 4) is 0 Å². The van der Waals surface area contributed by atoms with Gasteiger partial charge in [0, 0.05) is 21.4 Å². The van der Waals surface area contributed by atoms with Gasteiger partial charge in [-0.05, 0) is 36.4 Å². The first-order valence-corrected chi connectivity index (χ1v) is 8.48. The Morgan fingerprint density at radius 3 is 1.64 bits per heavy atom. The molecule has 9 heteroatoms. The predicted molar refractivity (Wildman–Crippen MR) is 98.7 cm³/mol. The normalized spacial score (nSPS) is 10.3. The fourth-order valence-corrected chi connectivity index (χ4v) is 2.92. The number of nitrogens with one attached hydrogen (secondary N) is 2. The molecule has 1 aromatic heterocycles. The van der Waals surface area contributed by atoms with E-state index in [-0.39, 0.29) is 11.4 Å². The summed E-state index contributed by atoms with van der Waals surface area (Å²) >= 11 is 12.5. The van der Waals surface area contributed by atoms with Gasteiger partial charge in [0.25, 0.3) is 11.8 Å². The maximum Gasteiger partial charge on any atom is 0.277 e. The van der Waals surface area contributed by atoms with Crippen molar-refractivity contribution in [2.45, 2.75) is 0 Å². The van der Waals surface area contributed by atoms with E-state index in [0.717, 1.165) is 11.7 Å². The topological polar surface area (TPSA) is 84.0 Å². The van der Waals surface area contributed by atoms with Crippen LogP contribution in [0, 0.1) is 0 Å². The molecule has 0 spiro atoms. The van der Waals surface area contributed by atoms with E-state index in [1.165, 1.54) is 0 Å². The Bertz CT molecular complexity index is 871. The first-order valence-electron chi connectivity index (χ1n) is 6.99. The van der Waals surface area contributed by atoms with E-state index < -0.39 is 11.8 Å². The highest BCUT2D eigenvalue weighted by Crippen LogP contribution is 2.18. The van der Waals surface area contributed by atoms with E-state index in [1.54, 1.807) is 48.5 Å². The Hall–Kier alpha value is -2.48.